The van der Waals surface area contributed by atoms with Crippen molar-refractivity contribution in [3.63, 3.8) is 0 Å². The van der Waals surface area contributed by atoms with Gasteiger partial charge in [0.1, 0.15) is 0 Å². The molecule has 0 aromatic carbocycles. The van der Waals surface area contributed by atoms with Gasteiger partial charge in [-0.05, 0) is 37.3 Å². The van der Waals surface area contributed by atoms with Crippen LogP contribution in [0, 0.1) is 0 Å². The lowest BCUT2D eigenvalue weighted by molar-refractivity contribution is -0.143. The Bertz CT molecular complexity index is 474. The van der Waals surface area contributed by atoms with E-state index in [1.807, 2.05) is 6.07 Å². The molecule has 1 amide bonds. The molecule has 5 nitrogen and oxygen atoms in total. The molecule has 0 spiro atoms. The SMILES string of the molecule is COC(=O)C(CO)NC(=O)c1cc2c(s1)CCCCC2. The topological polar surface area (TPSA) is 75.6 Å². The number of methoxy groups -OCH3 is 1. The highest BCUT2D eigenvalue weighted by atomic mass is 32.1. The smallest absolute Gasteiger partial charge is 0.330 e. The number of esters is 1. The summed E-state index contributed by atoms with van der Waals surface area (Å²) in [5, 5.41) is 11.6. The van der Waals surface area contributed by atoms with E-state index >= 15 is 0 Å². The van der Waals surface area contributed by atoms with E-state index in [1.54, 1.807) is 0 Å². The minimum atomic E-state index is -1.01. The van der Waals surface area contributed by atoms with Gasteiger partial charge < -0.3 is 15.2 Å². The van der Waals surface area contributed by atoms with Gasteiger partial charge in [0, 0.05) is 4.88 Å². The highest BCUT2D eigenvalue weighted by Crippen LogP contribution is 2.28. The van der Waals surface area contributed by atoms with Gasteiger partial charge >= 0.3 is 5.97 Å². The molecule has 0 saturated carbocycles. The Kier molecular flexibility index (Phi) is 5.14. The van der Waals surface area contributed by atoms with Crippen molar-refractivity contribution in [1.29, 1.82) is 0 Å². The molecule has 20 heavy (non-hydrogen) atoms. The molecule has 0 radical (unpaired) electrons. The van der Waals surface area contributed by atoms with Crippen LogP contribution in [-0.2, 0) is 22.4 Å². The molecule has 1 aromatic rings. The standard InChI is InChI=1S/C14H19NO4S/c1-19-14(18)10(8-16)15-13(17)12-7-9-5-3-2-4-6-11(9)20-12/h7,10,16H,2-6,8H2,1H3,(H,15,17). The number of amides is 1. The van der Waals surface area contributed by atoms with Gasteiger partial charge in [-0.15, -0.1) is 11.3 Å². The van der Waals surface area contributed by atoms with Crippen LogP contribution in [0.25, 0.3) is 0 Å². The Morgan fingerprint density at radius 3 is 2.85 bits per heavy atom. The van der Waals surface area contributed by atoms with Crippen LogP contribution in [-0.4, -0.2) is 36.7 Å². The minimum absolute atomic E-state index is 0.326. The number of carbonyl (C=O) groups is 2. The molecule has 2 rings (SSSR count). The number of aliphatic hydroxyl groups excluding tert-OH is 1. The third-order valence-electron chi connectivity index (χ3n) is 3.44. The van der Waals surface area contributed by atoms with Crippen molar-refractivity contribution >= 4 is 23.2 Å². The van der Waals surface area contributed by atoms with Gasteiger partial charge in [-0.25, -0.2) is 4.79 Å². The summed E-state index contributed by atoms with van der Waals surface area (Å²) in [5.41, 5.74) is 1.25. The van der Waals surface area contributed by atoms with E-state index in [1.165, 1.54) is 35.3 Å². The van der Waals surface area contributed by atoms with E-state index in [0.29, 0.717) is 4.88 Å². The maximum atomic E-state index is 12.1. The van der Waals surface area contributed by atoms with E-state index in [-0.39, 0.29) is 5.91 Å². The van der Waals surface area contributed by atoms with Crippen LogP contribution in [0.5, 0.6) is 0 Å². The quantitative estimate of drug-likeness (QED) is 0.648. The fraction of sp³-hybridized carbons (Fsp3) is 0.571. The number of ether oxygens (including phenoxy) is 1. The normalized spacial score (nSPS) is 15.9. The molecule has 1 aliphatic rings. The van der Waals surface area contributed by atoms with Gasteiger partial charge in [-0.3, -0.25) is 4.79 Å². The number of aliphatic hydroxyl groups is 1. The summed E-state index contributed by atoms with van der Waals surface area (Å²) in [4.78, 5) is 25.3. The lowest BCUT2D eigenvalue weighted by atomic mass is 10.1. The molecular formula is C14H19NO4S. The Labute approximate surface area is 121 Å². The summed E-state index contributed by atoms with van der Waals surface area (Å²) in [7, 11) is 1.23. The third kappa shape index (κ3) is 3.37. The molecule has 0 bridgehead atoms. The maximum absolute atomic E-state index is 12.1. The summed E-state index contributed by atoms with van der Waals surface area (Å²) in [5.74, 6) is -0.966. The minimum Gasteiger partial charge on any atom is -0.467 e. The molecule has 110 valence electrons. The van der Waals surface area contributed by atoms with Crippen LogP contribution < -0.4 is 5.32 Å². The fourth-order valence-corrected chi connectivity index (χ4v) is 3.49. The molecule has 6 heteroatoms. The molecule has 1 aliphatic carbocycles. The summed E-state index contributed by atoms with van der Waals surface area (Å²) in [6, 6.07) is 0.904. The number of aryl methyl sites for hydroxylation is 2. The molecule has 0 fully saturated rings. The van der Waals surface area contributed by atoms with E-state index < -0.39 is 18.6 Å². The number of fused-ring (bicyclic) bond motifs is 1. The number of rotatable bonds is 4. The van der Waals surface area contributed by atoms with Crippen LogP contribution in [0.2, 0.25) is 0 Å². The second kappa shape index (κ2) is 6.85. The molecule has 1 heterocycles. The zero-order valence-corrected chi connectivity index (χ0v) is 12.3. The first kappa shape index (κ1) is 15.0. The molecule has 0 aliphatic heterocycles. The first-order valence-electron chi connectivity index (χ1n) is 6.77. The first-order chi connectivity index (χ1) is 9.65. The van der Waals surface area contributed by atoms with Crippen LogP contribution in [0.3, 0.4) is 0 Å². The van der Waals surface area contributed by atoms with Crippen LogP contribution in [0.4, 0.5) is 0 Å². The highest BCUT2D eigenvalue weighted by molar-refractivity contribution is 7.14. The van der Waals surface area contributed by atoms with Crippen molar-refractivity contribution in [1.82, 2.24) is 5.32 Å². The molecule has 1 aromatic heterocycles. The average Bonchev–Trinajstić information content (AvgIpc) is 2.75. The summed E-state index contributed by atoms with van der Waals surface area (Å²) in [6.45, 7) is -0.469. The Hall–Kier alpha value is -1.40. The van der Waals surface area contributed by atoms with Gasteiger partial charge in [0.15, 0.2) is 6.04 Å². The summed E-state index contributed by atoms with van der Waals surface area (Å²) >= 11 is 1.48. The van der Waals surface area contributed by atoms with Crippen molar-refractivity contribution in [2.24, 2.45) is 0 Å². The Morgan fingerprint density at radius 1 is 1.40 bits per heavy atom. The molecule has 2 N–H and O–H groups in total. The summed E-state index contributed by atoms with van der Waals surface area (Å²) < 4.78 is 4.53. The Balaban J connectivity index is 2.07. The van der Waals surface area contributed by atoms with E-state index in [2.05, 4.69) is 10.1 Å². The zero-order chi connectivity index (χ0) is 14.5. The monoisotopic (exact) mass is 297 g/mol. The second-order valence-electron chi connectivity index (χ2n) is 4.85. The maximum Gasteiger partial charge on any atom is 0.330 e. The zero-order valence-electron chi connectivity index (χ0n) is 11.5. The average molecular weight is 297 g/mol. The van der Waals surface area contributed by atoms with E-state index in [0.717, 1.165) is 25.7 Å². The van der Waals surface area contributed by atoms with Gasteiger partial charge in [0.05, 0.1) is 18.6 Å². The number of nitrogens with one attached hydrogen (secondary N) is 1. The van der Waals surface area contributed by atoms with Crippen molar-refractivity contribution in [2.75, 3.05) is 13.7 Å². The molecule has 1 atom stereocenters. The highest BCUT2D eigenvalue weighted by Gasteiger charge is 2.23. The van der Waals surface area contributed by atoms with Crippen LogP contribution >= 0.6 is 11.3 Å². The number of thiophene rings is 1. The van der Waals surface area contributed by atoms with Crippen LogP contribution in [0.15, 0.2) is 6.07 Å². The number of hydrogen-bond donors (Lipinski definition) is 2. The van der Waals surface area contributed by atoms with Gasteiger partial charge in [-0.2, -0.15) is 0 Å². The predicted molar refractivity (Wildman–Crippen MR) is 75.9 cm³/mol. The lowest BCUT2D eigenvalue weighted by Crippen LogP contribution is -2.43. The van der Waals surface area contributed by atoms with Gasteiger partial charge in [0.25, 0.3) is 5.91 Å². The largest absolute Gasteiger partial charge is 0.467 e. The molecule has 1 unspecified atom stereocenters. The molecular weight excluding hydrogens is 278 g/mol. The van der Waals surface area contributed by atoms with Crippen molar-refractivity contribution in [3.8, 4) is 0 Å². The second-order valence-corrected chi connectivity index (χ2v) is 5.99. The fourth-order valence-electron chi connectivity index (χ4n) is 2.33. The number of hydrogen-bond acceptors (Lipinski definition) is 5. The van der Waals surface area contributed by atoms with Crippen molar-refractivity contribution in [3.05, 3.63) is 21.4 Å². The predicted octanol–water partition coefficient (Wildman–Crippen LogP) is 1.28. The summed E-state index contributed by atoms with van der Waals surface area (Å²) in [6.07, 6.45) is 5.59. The van der Waals surface area contributed by atoms with Crippen molar-refractivity contribution < 1.29 is 19.4 Å². The lowest BCUT2D eigenvalue weighted by Gasteiger charge is -2.12. The van der Waals surface area contributed by atoms with Crippen molar-refractivity contribution in [2.45, 2.75) is 38.1 Å². The van der Waals surface area contributed by atoms with E-state index in [4.69, 9.17) is 5.11 Å². The van der Waals surface area contributed by atoms with E-state index in [9.17, 15) is 9.59 Å². The number of carbonyl (C=O) groups excluding carboxylic acids is 2. The Morgan fingerprint density at radius 2 is 2.15 bits per heavy atom. The van der Waals surface area contributed by atoms with Gasteiger partial charge in [0.2, 0.25) is 0 Å². The third-order valence-corrected chi connectivity index (χ3v) is 4.68. The molecule has 0 saturated heterocycles. The van der Waals surface area contributed by atoms with Crippen LogP contribution in [0.1, 0.15) is 39.4 Å². The van der Waals surface area contributed by atoms with Gasteiger partial charge in [-0.1, -0.05) is 6.42 Å². The first-order valence-corrected chi connectivity index (χ1v) is 7.58.